The molecule has 0 spiro atoms. The second-order valence-corrected chi connectivity index (χ2v) is 10.1. The lowest BCUT2D eigenvalue weighted by molar-refractivity contribution is -0.143. The SMILES string of the molecule is CC(C)N1CC(CC(=O)N2CCc3c(C(F)(F)F)nn(Cc4ccc(Cl)cc4F)c3C2)C[C@H]1C(=O)O. The minimum Gasteiger partial charge on any atom is -0.480 e. The van der Waals surface area contributed by atoms with Crippen LogP contribution in [0.3, 0.4) is 0 Å². The van der Waals surface area contributed by atoms with Crippen LogP contribution in [0.4, 0.5) is 17.6 Å². The number of carboxylic acid groups (broad SMARTS) is 1. The number of aromatic nitrogens is 2. The zero-order valence-corrected chi connectivity index (χ0v) is 20.6. The molecule has 0 saturated carbocycles. The number of fused-ring (bicyclic) bond motifs is 1. The first-order valence-corrected chi connectivity index (χ1v) is 12.1. The molecule has 2 aliphatic heterocycles. The Kier molecular flexibility index (Phi) is 7.34. The molecule has 1 aromatic carbocycles. The number of alkyl halides is 3. The Hall–Kier alpha value is -2.66. The summed E-state index contributed by atoms with van der Waals surface area (Å²) in [4.78, 5) is 28.1. The molecule has 1 unspecified atom stereocenters. The van der Waals surface area contributed by atoms with Crippen molar-refractivity contribution in [1.29, 1.82) is 0 Å². The molecule has 1 fully saturated rings. The summed E-state index contributed by atoms with van der Waals surface area (Å²) in [5.74, 6) is -2.01. The number of aliphatic carboxylic acids is 1. The molecular weight excluding hydrogens is 504 g/mol. The molecule has 1 amide bonds. The number of halogens is 5. The highest BCUT2D eigenvalue weighted by molar-refractivity contribution is 6.30. The minimum absolute atomic E-state index is 0.00662. The molecule has 0 bridgehead atoms. The number of benzene rings is 1. The van der Waals surface area contributed by atoms with Gasteiger partial charge in [0, 0.05) is 41.7 Å². The Morgan fingerprint density at radius 3 is 2.58 bits per heavy atom. The van der Waals surface area contributed by atoms with Gasteiger partial charge in [-0.25, -0.2) is 4.39 Å². The summed E-state index contributed by atoms with van der Waals surface area (Å²) < 4.78 is 56.5. The van der Waals surface area contributed by atoms with Crippen molar-refractivity contribution in [3.8, 4) is 0 Å². The van der Waals surface area contributed by atoms with E-state index < -0.39 is 29.7 Å². The molecule has 1 N–H and O–H groups in total. The van der Waals surface area contributed by atoms with E-state index >= 15 is 0 Å². The minimum atomic E-state index is -4.68. The second-order valence-electron chi connectivity index (χ2n) is 9.68. The zero-order chi connectivity index (χ0) is 26.4. The van der Waals surface area contributed by atoms with Crippen LogP contribution in [-0.2, 0) is 35.3 Å². The number of carboxylic acids is 1. The zero-order valence-electron chi connectivity index (χ0n) is 19.9. The first-order valence-electron chi connectivity index (χ1n) is 11.7. The van der Waals surface area contributed by atoms with Crippen molar-refractivity contribution in [1.82, 2.24) is 19.6 Å². The van der Waals surface area contributed by atoms with E-state index in [0.717, 1.165) is 10.7 Å². The van der Waals surface area contributed by atoms with Gasteiger partial charge in [0.2, 0.25) is 5.91 Å². The van der Waals surface area contributed by atoms with E-state index in [9.17, 15) is 32.3 Å². The van der Waals surface area contributed by atoms with E-state index in [1.165, 1.54) is 17.0 Å². The van der Waals surface area contributed by atoms with E-state index in [1.807, 2.05) is 18.7 Å². The van der Waals surface area contributed by atoms with Crippen molar-refractivity contribution in [3.05, 3.63) is 51.6 Å². The van der Waals surface area contributed by atoms with E-state index in [1.54, 1.807) is 0 Å². The third kappa shape index (κ3) is 5.36. The van der Waals surface area contributed by atoms with Crippen molar-refractivity contribution in [2.45, 2.75) is 64.5 Å². The predicted molar refractivity (Wildman–Crippen MR) is 123 cm³/mol. The van der Waals surface area contributed by atoms with Crippen molar-refractivity contribution in [2.75, 3.05) is 13.1 Å². The van der Waals surface area contributed by atoms with Gasteiger partial charge in [0.25, 0.3) is 0 Å². The highest BCUT2D eigenvalue weighted by Crippen LogP contribution is 2.36. The average molecular weight is 531 g/mol. The maximum absolute atomic E-state index is 14.4. The summed E-state index contributed by atoms with van der Waals surface area (Å²) >= 11 is 5.78. The quantitative estimate of drug-likeness (QED) is 0.566. The second kappa shape index (κ2) is 10.0. The molecule has 2 aromatic rings. The molecule has 7 nitrogen and oxygen atoms in total. The largest absolute Gasteiger partial charge is 0.480 e. The van der Waals surface area contributed by atoms with Crippen LogP contribution in [0.5, 0.6) is 0 Å². The molecule has 0 radical (unpaired) electrons. The van der Waals surface area contributed by atoms with Gasteiger partial charge in [-0.3, -0.25) is 19.2 Å². The lowest BCUT2D eigenvalue weighted by Crippen LogP contribution is -2.40. The van der Waals surface area contributed by atoms with E-state index in [4.69, 9.17) is 11.6 Å². The van der Waals surface area contributed by atoms with Crippen LogP contribution in [0.2, 0.25) is 5.02 Å². The van der Waals surface area contributed by atoms with Crippen molar-refractivity contribution < 1.29 is 32.3 Å². The lowest BCUT2D eigenvalue weighted by atomic mass is 9.99. The number of carbonyl (C=O) groups excluding carboxylic acids is 1. The fourth-order valence-electron chi connectivity index (χ4n) is 5.15. The molecule has 2 atom stereocenters. The first kappa shape index (κ1) is 26.4. The normalized spacial score (nSPS) is 20.7. The molecule has 36 heavy (non-hydrogen) atoms. The van der Waals surface area contributed by atoms with Crippen LogP contribution in [0.15, 0.2) is 18.2 Å². The summed E-state index contributed by atoms with van der Waals surface area (Å²) in [6.45, 7) is 4.03. The highest BCUT2D eigenvalue weighted by atomic mass is 35.5. The first-order chi connectivity index (χ1) is 16.8. The van der Waals surface area contributed by atoms with Crippen LogP contribution in [0, 0.1) is 11.7 Å². The summed E-state index contributed by atoms with van der Waals surface area (Å²) in [5, 5.41) is 13.5. The van der Waals surface area contributed by atoms with E-state index in [2.05, 4.69) is 5.10 Å². The molecule has 3 heterocycles. The fourth-order valence-corrected chi connectivity index (χ4v) is 5.31. The number of carbonyl (C=O) groups is 2. The number of hydrogen-bond donors (Lipinski definition) is 1. The van der Waals surface area contributed by atoms with Crippen LogP contribution < -0.4 is 0 Å². The van der Waals surface area contributed by atoms with Gasteiger partial charge in [0.05, 0.1) is 18.8 Å². The Bertz CT molecular complexity index is 1170. The van der Waals surface area contributed by atoms with Crippen LogP contribution in [0.1, 0.15) is 49.2 Å². The Balaban J connectivity index is 1.54. The van der Waals surface area contributed by atoms with Gasteiger partial charge in [-0.2, -0.15) is 18.3 Å². The summed E-state index contributed by atoms with van der Waals surface area (Å²) in [6, 6.07) is 3.26. The Morgan fingerprint density at radius 2 is 2.00 bits per heavy atom. The number of hydrogen-bond acceptors (Lipinski definition) is 4. The average Bonchev–Trinajstić information content (AvgIpc) is 3.37. The molecule has 2 aliphatic rings. The highest BCUT2D eigenvalue weighted by Gasteiger charge is 2.42. The van der Waals surface area contributed by atoms with Gasteiger partial charge >= 0.3 is 12.1 Å². The van der Waals surface area contributed by atoms with Gasteiger partial charge in [0.1, 0.15) is 11.9 Å². The van der Waals surface area contributed by atoms with Gasteiger partial charge < -0.3 is 10.0 Å². The summed E-state index contributed by atoms with van der Waals surface area (Å²) in [6.07, 6.45) is -4.27. The lowest BCUT2D eigenvalue weighted by Gasteiger charge is -2.29. The summed E-state index contributed by atoms with van der Waals surface area (Å²) in [7, 11) is 0. The molecule has 0 aliphatic carbocycles. The van der Waals surface area contributed by atoms with Gasteiger partial charge in [-0.05, 0) is 44.7 Å². The molecular formula is C24H27ClF4N4O3. The molecule has 4 rings (SSSR count). The Morgan fingerprint density at radius 1 is 1.28 bits per heavy atom. The van der Waals surface area contributed by atoms with Gasteiger partial charge in [-0.15, -0.1) is 0 Å². The molecule has 1 saturated heterocycles. The smallest absolute Gasteiger partial charge is 0.435 e. The maximum Gasteiger partial charge on any atom is 0.435 e. The van der Waals surface area contributed by atoms with E-state index in [-0.39, 0.29) is 72.2 Å². The monoisotopic (exact) mass is 530 g/mol. The van der Waals surface area contributed by atoms with Gasteiger partial charge in [0.15, 0.2) is 5.69 Å². The van der Waals surface area contributed by atoms with Crippen LogP contribution >= 0.6 is 11.6 Å². The molecule has 12 heteroatoms. The van der Waals surface area contributed by atoms with Gasteiger partial charge in [-0.1, -0.05) is 17.7 Å². The number of amides is 1. The van der Waals surface area contributed by atoms with Crippen molar-refractivity contribution in [3.63, 3.8) is 0 Å². The van der Waals surface area contributed by atoms with Crippen LogP contribution in [-0.4, -0.2) is 61.7 Å². The molecule has 196 valence electrons. The maximum atomic E-state index is 14.4. The summed E-state index contributed by atoms with van der Waals surface area (Å²) in [5.41, 5.74) is -0.665. The van der Waals surface area contributed by atoms with Crippen molar-refractivity contribution in [2.24, 2.45) is 5.92 Å². The third-order valence-corrected chi connectivity index (χ3v) is 7.17. The van der Waals surface area contributed by atoms with Crippen molar-refractivity contribution >= 4 is 23.5 Å². The number of rotatable bonds is 6. The van der Waals surface area contributed by atoms with Crippen LogP contribution in [0.25, 0.3) is 0 Å². The number of nitrogens with zero attached hydrogens (tertiary/aromatic N) is 4. The third-order valence-electron chi connectivity index (χ3n) is 6.93. The predicted octanol–water partition coefficient (Wildman–Crippen LogP) is 4.20. The molecule has 1 aromatic heterocycles. The topological polar surface area (TPSA) is 78.7 Å². The number of likely N-dealkylation sites (tertiary alicyclic amines) is 1. The fraction of sp³-hybridized carbons (Fsp3) is 0.542. The Labute approximate surface area is 210 Å². The van der Waals surface area contributed by atoms with E-state index in [0.29, 0.717) is 13.0 Å². The standard InChI is InChI=1S/C24H27ClF4N4O3/c1-13(2)32-10-14(7-19(32)23(35)36)8-21(34)31-6-5-17-20(12-31)33(30-22(17)24(27,28)29)11-15-3-4-16(25)9-18(15)26/h3-4,9,13-14,19H,5-8,10-12H2,1-2H3,(H,35,36)/t14?,19-/m0/s1.